The lowest BCUT2D eigenvalue weighted by Crippen LogP contribution is -2.33. The maximum atomic E-state index is 11.9. The van der Waals surface area contributed by atoms with Crippen LogP contribution >= 0.6 is 11.8 Å². The average molecular weight is 323 g/mol. The number of amides is 2. The van der Waals surface area contributed by atoms with Crippen LogP contribution in [0.2, 0.25) is 0 Å². The summed E-state index contributed by atoms with van der Waals surface area (Å²) in [6.45, 7) is 0. The van der Waals surface area contributed by atoms with Crippen LogP contribution in [-0.2, 0) is 4.79 Å². The molecular formula is C14H17N3O4S. The lowest BCUT2D eigenvalue weighted by atomic mass is 10.2. The maximum Gasteiger partial charge on any atom is 0.283 e. The number of carbonyl (C=O) groups is 2. The first kappa shape index (κ1) is 16.3. The predicted molar refractivity (Wildman–Crippen MR) is 82.7 cm³/mol. The highest BCUT2D eigenvalue weighted by atomic mass is 32.2. The van der Waals surface area contributed by atoms with Crippen molar-refractivity contribution in [3.8, 4) is 0 Å². The van der Waals surface area contributed by atoms with Gasteiger partial charge in [-0.15, -0.1) is 11.8 Å². The van der Waals surface area contributed by atoms with Crippen molar-refractivity contribution in [3.05, 3.63) is 33.9 Å². The molecule has 2 rings (SSSR count). The molecule has 0 radical (unpaired) electrons. The molecule has 118 valence electrons. The third-order valence-corrected chi connectivity index (χ3v) is 4.58. The molecule has 2 amide bonds. The van der Waals surface area contributed by atoms with E-state index in [1.54, 1.807) is 0 Å². The molecule has 0 saturated heterocycles. The molecule has 1 aliphatic carbocycles. The summed E-state index contributed by atoms with van der Waals surface area (Å²) < 4.78 is 0. The van der Waals surface area contributed by atoms with Crippen molar-refractivity contribution in [2.45, 2.75) is 36.6 Å². The molecule has 0 bridgehead atoms. The minimum atomic E-state index is -0.723. The molecule has 0 aromatic heterocycles. The highest BCUT2D eigenvalue weighted by Gasteiger charge is 2.20. The lowest BCUT2D eigenvalue weighted by molar-refractivity contribution is -0.387. The van der Waals surface area contributed by atoms with Gasteiger partial charge in [0.05, 0.1) is 15.6 Å². The summed E-state index contributed by atoms with van der Waals surface area (Å²) in [5, 5.41) is 14.0. The summed E-state index contributed by atoms with van der Waals surface area (Å²) in [6, 6.07) is 4.23. The number of thioether (sulfide) groups is 1. The summed E-state index contributed by atoms with van der Waals surface area (Å²) in [5.74, 6) is -0.753. The van der Waals surface area contributed by atoms with Crippen LogP contribution in [0.4, 0.5) is 5.69 Å². The fraction of sp³-hybridized carbons (Fsp3) is 0.429. The number of nitrogens with zero attached hydrogens (tertiary/aromatic N) is 1. The molecule has 0 unspecified atom stereocenters. The van der Waals surface area contributed by atoms with Crippen LogP contribution in [0.5, 0.6) is 0 Å². The van der Waals surface area contributed by atoms with E-state index >= 15 is 0 Å². The van der Waals surface area contributed by atoms with Crippen LogP contribution in [0.1, 0.15) is 36.0 Å². The third-order valence-electron chi connectivity index (χ3n) is 3.52. The predicted octanol–water partition coefficient (Wildman–Crippen LogP) is 1.84. The molecule has 0 spiro atoms. The molecule has 7 nitrogen and oxygen atoms in total. The first-order valence-corrected chi connectivity index (χ1v) is 7.96. The van der Waals surface area contributed by atoms with Gasteiger partial charge in [-0.1, -0.05) is 12.8 Å². The smallest absolute Gasteiger partial charge is 0.283 e. The minimum Gasteiger partial charge on any atom is -0.366 e. The van der Waals surface area contributed by atoms with Crippen molar-refractivity contribution in [3.63, 3.8) is 0 Å². The normalized spacial score (nSPS) is 14.7. The van der Waals surface area contributed by atoms with E-state index in [1.165, 1.54) is 12.1 Å². The van der Waals surface area contributed by atoms with E-state index in [1.807, 2.05) is 0 Å². The Balaban J connectivity index is 2.00. The van der Waals surface area contributed by atoms with Crippen molar-refractivity contribution in [2.75, 3.05) is 5.75 Å². The van der Waals surface area contributed by atoms with E-state index < -0.39 is 10.8 Å². The Kier molecular flexibility index (Phi) is 5.37. The molecular weight excluding hydrogens is 306 g/mol. The van der Waals surface area contributed by atoms with E-state index in [2.05, 4.69) is 5.32 Å². The Morgan fingerprint density at radius 2 is 2.05 bits per heavy atom. The number of nitrogens with two attached hydrogens (primary N) is 1. The van der Waals surface area contributed by atoms with Gasteiger partial charge >= 0.3 is 0 Å². The molecule has 1 saturated carbocycles. The van der Waals surface area contributed by atoms with Crippen molar-refractivity contribution >= 4 is 29.3 Å². The van der Waals surface area contributed by atoms with Crippen LogP contribution in [0.3, 0.4) is 0 Å². The van der Waals surface area contributed by atoms with Gasteiger partial charge in [-0.3, -0.25) is 19.7 Å². The van der Waals surface area contributed by atoms with Gasteiger partial charge in [-0.25, -0.2) is 0 Å². The summed E-state index contributed by atoms with van der Waals surface area (Å²) in [7, 11) is 0. The van der Waals surface area contributed by atoms with E-state index in [0.717, 1.165) is 43.5 Å². The molecule has 8 heteroatoms. The SMILES string of the molecule is NC(=O)c1ccc(SCC(=O)NC2CCCC2)c([N+](=O)[O-])c1. The van der Waals surface area contributed by atoms with Crippen LogP contribution in [0.15, 0.2) is 23.1 Å². The van der Waals surface area contributed by atoms with Crippen molar-refractivity contribution in [2.24, 2.45) is 5.73 Å². The average Bonchev–Trinajstić information content (AvgIpc) is 2.97. The number of nitro benzene ring substituents is 1. The van der Waals surface area contributed by atoms with E-state index in [9.17, 15) is 19.7 Å². The number of hydrogen-bond acceptors (Lipinski definition) is 5. The Bertz CT molecular complexity index is 600. The summed E-state index contributed by atoms with van der Waals surface area (Å²) in [6.07, 6.45) is 4.23. The molecule has 1 aliphatic rings. The van der Waals surface area contributed by atoms with Crippen molar-refractivity contribution < 1.29 is 14.5 Å². The standard InChI is InChI=1S/C14H17N3O4S/c15-14(19)9-5-6-12(11(7-9)17(20)21)22-8-13(18)16-10-3-1-2-4-10/h5-7,10H,1-4,8H2,(H2,15,19)(H,16,18). The molecule has 1 aromatic rings. The molecule has 1 fully saturated rings. The van der Waals surface area contributed by atoms with Crippen LogP contribution in [-0.4, -0.2) is 28.5 Å². The topological polar surface area (TPSA) is 115 Å². The third kappa shape index (κ3) is 4.20. The largest absolute Gasteiger partial charge is 0.366 e. The van der Waals surface area contributed by atoms with E-state index in [4.69, 9.17) is 5.73 Å². The molecule has 0 atom stereocenters. The Morgan fingerprint density at radius 3 is 2.64 bits per heavy atom. The highest BCUT2D eigenvalue weighted by Crippen LogP contribution is 2.30. The Labute approximate surface area is 131 Å². The van der Waals surface area contributed by atoms with Crippen molar-refractivity contribution in [1.82, 2.24) is 5.32 Å². The molecule has 1 aromatic carbocycles. The van der Waals surface area contributed by atoms with Gasteiger partial charge in [0.25, 0.3) is 5.69 Å². The van der Waals surface area contributed by atoms with Gasteiger partial charge in [-0.2, -0.15) is 0 Å². The Morgan fingerprint density at radius 1 is 1.36 bits per heavy atom. The van der Waals surface area contributed by atoms with Crippen LogP contribution in [0.25, 0.3) is 0 Å². The second-order valence-corrected chi connectivity index (χ2v) is 6.16. The summed E-state index contributed by atoms with van der Waals surface area (Å²) in [5.41, 5.74) is 4.98. The highest BCUT2D eigenvalue weighted by molar-refractivity contribution is 8.00. The quantitative estimate of drug-likeness (QED) is 0.471. The zero-order chi connectivity index (χ0) is 16.1. The first-order chi connectivity index (χ1) is 10.5. The van der Waals surface area contributed by atoms with E-state index in [-0.39, 0.29) is 29.0 Å². The van der Waals surface area contributed by atoms with Gasteiger partial charge in [0, 0.05) is 17.7 Å². The molecule has 3 N–H and O–H groups in total. The fourth-order valence-corrected chi connectivity index (χ4v) is 3.23. The van der Waals surface area contributed by atoms with Crippen LogP contribution in [0, 0.1) is 10.1 Å². The van der Waals surface area contributed by atoms with Gasteiger partial charge in [-0.05, 0) is 25.0 Å². The van der Waals surface area contributed by atoms with Gasteiger partial charge < -0.3 is 11.1 Å². The fourth-order valence-electron chi connectivity index (χ4n) is 2.42. The monoisotopic (exact) mass is 323 g/mol. The number of primary amides is 1. The summed E-state index contributed by atoms with van der Waals surface area (Å²) in [4.78, 5) is 33.8. The Hall–Kier alpha value is -2.09. The van der Waals surface area contributed by atoms with Gasteiger partial charge in [0.15, 0.2) is 0 Å². The zero-order valence-electron chi connectivity index (χ0n) is 11.9. The maximum absolute atomic E-state index is 11.9. The number of benzene rings is 1. The number of nitro groups is 1. The molecule has 22 heavy (non-hydrogen) atoms. The van der Waals surface area contributed by atoms with Gasteiger partial charge in [0.1, 0.15) is 0 Å². The zero-order valence-corrected chi connectivity index (χ0v) is 12.7. The number of hydrogen-bond donors (Lipinski definition) is 2. The number of rotatable bonds is 6. The number of carbonyl (C=O) groups excluding carboxylic acids is 2. The molecule has 0 aliphatic heterocycles. The summed E-state index contributed by atoms with van der Waals surface area (Å²) >= 11 is 1.08. The number of nitrogens with one attached hydrogen (secondary N) is 1. The lowest BCUT2D eigenvalue weighted by Gasteiger charge is -2.11. The molecule has 0 heterocycles. The van der Waals surface area contributed by atoms with Gasteiger partial charge in [0.2, 0.25) is 11.8 Å². The second kappa shape index (κ2) is 7.26. The van der Waals surface area contributed by atoms with Crippen LogP contribution < -0.4 is 11.1 Å². The van der Waals surface area contributed by atoms with Crippen molar-refractivity contribution in [1.29, 1.82) is 0 Å². The minimum absolute atomic E-state index is 0.0754. The first-order valence-electron chi connectivity index (χ1n) is 6.98. The van der Waals surface area contributed by atoms with E-state index in [0.29, 0.717) is 4.90 Å². The second-order valence-electron chi connectivity index (χ2n) is 5.14.